The molecule has 2 aliphatic heterocycles. The molecule has 2 saturated heterocycles. The predicted octanol–water partition coefficient (Wildman–Crippen LogP) is 0.200. The summed E-state index contributed by atoms with van der Waals surface area (Å²) in [5.74, 6) is -9.57. The fourth-order valence-corrected chi connectivity index (χ4v) is 10.1. The maximum atomic E-state index is 13.9. The number of pyridine rings is 1. The van der Waals surface area contributed by atoms with Crippen molar-refractivity contribution < 1.29 is 67.5 Å². The first-order valence-electron chi connectivity index (χ1n) is 28.8. The highest BCUT2D eigenvalue weighted by Crippen LogP contribution is 2.43. The summed E-state index contributed by atoms with van der Waals surface area (Å²) >= 11 is 0. The standard InChI is InChI=1S/C57H78F2N16O12/c58-57(59)30-42(32-60)48(31-57)50(77)35-62-56(86)46-10-12-61-49-8-7-45(29-47(46)49)87-28-2-1-15-70-24-26-75(27-25-70)52(79)11-14-63-66-34-43(9-13-64-67-40-68-65-33-41-3-5-44(76)6-4-41)69-51(78)36-71-16-18-72(37-53(80)81)20-22-74(39-55(84)85)23-21-73(19-17-71)38-54(82)83/h3-8,10,12-13,29,33-34,42-43,48,63,67-68,76H,1-2,9,11,14-28,30-31,35-40H2,(H,62,86)(H,69,78)(H,80,81)(H,82,83)(H,84,85)/b64-13+,65-33+,66-34-/t42-,43?,48?/m1/s1. The molecule has 87 heavy (non-hydrogen) atoms. The van der Waals surface area contributed by atoms with Gasteiger partial charge >= 0.3 is 17.9 Å². The lowest BCUT2D eigenvalue weighted by Crippen LogP contribution is -2.50. The van der Waals surface area contributed by atoms with Gasteiger partial charge in [0.1, 0.15) is 18.2 Å². The third-order valence-electron chi connectivity index (χ3n) is 14.8. The number of aliphatic carboxylic acids is 3. The number of hydrogen-bond acceptors (Lipinski definition) is 22. The number of carboxylic acid groups (broad SMARTS) is 3. The Morgan fingerprint density at radius 3 is 1.98 bits per heavy atom. The molecule has 472 valence electrons. The minimum Gasteiger partial charge on any atom is -0.508 e. The van der Waals surface area contributed by atoms with Crippen LogP contribution in [0.5, 0.6) is 11.5 Å². The van der Waals surface area contributed by atoms with Gasteiger partial charge in [-0.1, -0.05) is 0 Å². The van der Waals surface area contributed by atoms with Crippen molar-refractivity contribution >= 4 is 71.0 Å². The lowest BCUT2D eigenvalue weighted by atomic mass is 9.93. The van der Waals surface area contributed by atoms with Gasteiger partial charge in [0.25, 0.3) is 5.91 Å². The number of nitrogens with zero attached hydrogens (tertiary/aromatic N) is 11. The number of carbonyl (C=O) groups is 7. The number of hydrogen-bond donors (Lipinski definition) is 9. The van der Waals surface area contributed by atoms with E-state index in [-0.39, 0.29) is 122 Å². The van der Waals surface area contributed by atoms with Gasteiger partial charge in [-0.2, -0.15) is 20.6 Å². The van der Waals surface area contributed by atoms with Crippen molar-refractivity contribution in [2.24, 2.45) is 27.1 Å². The molecule has 3 aromatic rings. The summed E-state index contributed by atoms with van der Waals surface area (Å²) < 4.78 is 33.9. The molecule has 30 heteroatoms. The van der Waals surface area contributed by atoms with Gasteiger partial charge in [0.05, 0.1) is 74.7 Å². The smallest absolute Gasteiger partial charge is 0.317 e. The van der Waals surface area contributed by atoms with Gasteiger partial charge in [-0.05, 0) is 73.5 Å². The first-order valence-corrected chi connectivity index (χ1v) is 28.8. The number of phenols is 1. The highest BCUT2D eigenvalue weighted by atomic mass is 19.3. The van der Waals surface area contributed by atoms with Gasteiger partial charge in [-0.25, -0.2) is 8.78 Å². The number of hydrazone groups is 3. The van der Waals surface area contributed by atoms with E-state index < -0.39 is 78.7 Å². The van der Waals surface area contributed by atoms with Crippen LogP contribution in [0.25, 0.3) is 10.9 Å². The number of unbranched alkanes of at least 4 members (excludes halogenated alkanes) is 1. The molecule has 0 bridgehead atoms. The quantitative estimate of drug-likeness (QED) is 0.0180. The number of alkyl halides is 2. The Hall–Kier alpha value is -8.50. The molecule has 1 aromatic heterocycles. The lowest BCUT2D eigenvalue weighted by molar-refractivity contribution is -0.140. The molecule has 3 fully saturated rings. The van der Waals surface area contributed by atoms with Crippen molar-refractivity contribution in [1.82, 2.24) is 61.3 Å². The molecule has 2 unspecified atom stereocenters. The van der Waals surface area contributed by atoms with Crippen molar-refractivity contribution in [3.05, 3.63) is 65.9 Å². The van der Waals surface area contributed by atoms with Crippen LogP contribution in [0.15, 0.2) is 70.0 Å². The number of amides is 3. The van der Waals surface area contributed by atoms with Crippen molar-refractivity contribution in [1.29, 1.82) is 5.26 Å². The van der Waals surface area contributed by atoms with Crippen LogP contribution in [0, 0.1) is 23.2 Å². The lowest BCUT2D eigenvalue weighted by Gasteiger charge is -2.34. The Bertz CT molecular complexity index is 2880. The molecular weight excluding hydrogens is 1140 g/mol. The predicted molar refractivity (Wildman–Crippen MR) is 315 cm³/mol. The van der Waals surface area contributed by atoms with Crippen molar-refractivity contribution in [2.75, 3.05) is 138 Å². The van der Waals surface area contributed by atoms with Gasteiger partial charge in [0, 0.05) is 141 Å². The molecule has 28 nitrogen and oxygen atoms in total. The number of ketones is 1. The van der Waals surface area contributed by atoms with Gasteiger partial charge in [0.15, 0.2) is 5.78 Å². The minimum absolute atomic E-state index is 0.0489. The third-order valence-corrected chi connectivity index (χ3v) is 14.8. The van der Waals surface area contributed by atoms with Crippen LogP contribution >= 0.6 is 0 Å². The third kappa shape index (κ3) is 24.4. The van der Waals surface area contributed by atoms with Crippen LogP contribution in [0.1, 0.15) is 54.4 Å². The number of carboxylic acids is 3. The topological polar surface area (TPSA) is 363 Å². The number of piperazine rings is 1. The number of carbonyl (C=O) groups excluding carboxylic acids is 4. The summed E-state index contributed by atoms with van der Waals surface area (Å²) in [7, 11) is 0. The average molecular weight is 1220 g/mol. The Kier molecular flexibility index (Phi) is 27.4. The number of rotatable bonds is 31. The Balaban J connectivity index is 0.940. The maximum Gasteiger partial charge on any atom is 0.317 e. The summed E-state index contributed by atoms with van der Waals surface area (Å²) in [5, 5.41) is 66.1. The van der Waals surface area contributed by atoms with E-state index in [9.17, 15) is 68.0 Å². The van der Waals surface area contributed by atoms with Crippen molar-refractivity contribution in [3.63, 3.8) is 0 Å². The van der Waals surface area contributed by atoms with Gasteiger partial charge < -0.3 is 46.1 Å². The van der Waals surface area contributed by atoms with Crippen LogP contribution in [0.2, 0.25) is 0 Å². The summed E-state index contributed by atoms with van der Waals surface area (Å²) in [6, 6.07) is 14.2. The minimum atomic E-state index is -3.10. The fourth-order valence-electron chi connectivity index (χ4n) is 10.1. The number of Topliss-reactive ketones (excluding diaryl/α,β-unsaturated/α-hetero) is 1. The highest BCUT2D eigenvalue weighted by Gasteiger charge is 2.49. The highest BCUT2D eigenvalue weighted by molar-refractivity contribution is 6.07. The molecule has 9 N–H and O–H groups in total. The van der Waals surface area contributed by atoms with Crippen LogP contribution in [0.3, 0.4) is 0 Å². The van der Waals surface area contributed by atoms with Gasteiger partial charge in [-0.3, -0.25) is 73.9 Å². The number of nitrogens with one attached hydrogen (secondary N) is 5. The molecule has 3 heterocycles. The van der Waals surface area contributed by atoms with Crippen molar-refractivity contribution in [2.45, 2.75) is 50.5 Å². The molecule has 6 rings (SSSR count). The second-order valence-electron chi connectivity index (χ2n) is 21.4. The molecule has 3 aliphatic rings. The number of aromatic hydroxyl groups is 1. The normalized spacial score (nSPS) is 19.0. The Morgan fingerprint density at radius 2 is 1.36 bits per heavy atom. The zero-order valence-corrected chi connectivity index (χ0v) is 48.5. The van der Waals surface area contributed by atoms with E-state index in [1.54, 1.807) is 73.3 Å². The average Bonchev–Trinajstić information content (AvgIpc) is 2.44. The summed E-state index contributed by atoms with van der Waals surface area (Å²) in [6.07, 6.45) is 6.55. The molecule has 2 aromatic carbocycles. The van der Waals surface area contributed by atoms with E-state index in [0.29, 0.717) is 49.4 Å². The second-order valence-corrected chi connectivity index (χ2v) is 21.4. The summed E-state index contributed by atoms with van der Waals surface area (Å²) in [5.41, 5.74) is 10.0. The molecule has 0 spiro atoms. The number of ether oxygens (including phenoxy) is 1. The number of fused-ring (bicyclic) bond motifs is 1. The first-order chi connectivity index (χ1) is 41.8. The molecule has 3 amide bonds. The zero-order valence-electron chi connectivity index (χ0n) is 48.5. The van der Waals surface area contributed by atoms with E-state index in [1.807, 2.05) is 0 Å². The van der Waals surface area contributed by atoms with E-state index in [4.69, 9.17) is 4.74 Å². The molecule has 1 aliphatic carbocycles. The number of nitriles is 1. The molecule has 3 atom stereocenters. The van der Waals surface area contributed by atoms with Crippen LogP contribution < -0.4 is 31.6 Å². The summed E-state index contributed by atoms with van der Waals surface area (Å²) in [4.78, 5) is 103. The van der Waals surface area contributed by atoms with E-state index in [1.165, 1.54) is 30.6 Å². The maximum absolute atomic E-state index is 13.9. The van der Waals surface area contributed by atoms with Crippen LogP contribution in [-0.2, 0) is 28.8 Å². The Morgan fingerprint density at radius 1 is 0.747 bits per heavy atom. The molecule has 1 saturated carbocycles. The Labute approximate surface area is 502 Å². The van der Waals surface area contributed by atoms with Gasteiger partial charge in [-0.15, -0.1) is 0 Å². The summed E-state index contributed by atoms with van der Waals surface area (Å²) in [6.45, 7) is 4.36. The fraction of sp³-hybridized carbons (Fsp3) is 0.544. The number of halogens is 2. The number of phenolic OH excluding ortho intramolecular Hbond substituents is 1. The van der Waals surface area contributed by atoms with Crippen LogP contribution in [-0.4, -0.2) is 264 Å². The number of benzene rings is 2. The number of aromatic nitrogens is 1. The zero-order chi connectivity index (χ0) is 62.6. The largest absolute Gasteiger partial charge is 0.508 e. The first kappa shape index (κ1) is 67.6. The molecule has 0 radical (unpaired) electrons. The SMILES string of the molecule is N#C[C@H]1CC(F)(F)CC1C(=O)CNC(=O)c1ccnc2ccc(OCCCCN3CCN(C(=O)CCN/N=C\C(C/C=N/NCN/N=C/c4ccc(O)cc4)NC(=O)CN4CCN(CC(=O)O)CCN(CC(=O)O)CCN(CC(=O)O)CC4)CC3)cc12. The van der Waals surface area contributed by atoms with E-state index in [0.717, 1.165) is 24.9 Å². The second kappa shape index (κ2) is 35.2. The monoisotopic (exact) mass is 1220 g/mol. The van der Waals surface area contributed by atoms with Crippen molar-refractivity contribution in [3.8, 4) is 17.6 Å². The van der Waals surface area contributed by atoms with E-state index in [2.05, 4.69) is 52.1 Å². The van der Waals surface area contributed by atoms with Crippen LogP contribution in [0.4, 0.5) is 8.78 Å². The molecular formula is C57H78F2N16O12. The van der Waals surface area contributed by atoms with Gasteiger partial charge in [0.2, 0.25) is 17.7 Å². The van der Waals surface area contributed by atoms with E-state index >= 15 is 0 Å².